The van der Waals surface area contributed by atoms with Gasteiger partial charge in [0.25, 0.3) is 0 Å². The van der Waals surface area contributed by atoms with Gasteiger partial charge in [0, 0.05) is 29.7 Å². The van der Waals surface area contributed by atoms with Gasteiger partial charge in [-0.2, -0.15) is 10.1 Å². The highest BCUT2D eigenvalue weighted by Gasteiger charge is 2.10. The maximum atomic E-state index is 5.76. The number of nitrogen functional groups attached to an aromatic ring is 1. The average Bonchev–Trinajstić information content (AvgIpc) is 2.91. The van der Waals surface area contributed by atoms with Gasteiger partial charge in [-0.1, -0.05) is 0 Å². The zero-order chi connectivity index (χ0) is 14.3. The van der Waals surface area contributed by atoms with E-state index in [1.54, 1.807) is 11.3 Å². The Morgan fingerprint density at radius 3 is 2.85 bits per heavy atom. The van der Waals surface area contributed by atoms with Crippen LogP contribution in [0, 0.1) is 13.8 Å². The van der Waals surface area contributed by atoms with Crippen LogP contribution in [-0.4, -0.2) is 19.7 Å². The molecule has 104 valence electrons. The minimum Gasteiger partial charge on any atom is -0.368 e. The lowest BCUT2D eigenvalue weighted by atomic mass is 10.2. The van der Waals surface area contributed by atoms with Gasteiger partial charge in [-0.25, -0.2) is 4.98 Å². The van der Waals surface area contributed by atoms with Crippen molar-refractivity contribution in [1.29, 1.82) is 0 Å². The van der Waals surface area contributed by atoms with E-state index in [4.69, 9.17) is 5.73 Å². The first-order valence-electron chi connectivity index (χ1n) is 6.29. The fourth-order valence-electron chi connectivity index (χ4n) is 2.09. The van der Waals surface area contributed by atoms with Crippen molar-refractivity contribution in [2.45, 2.75) is 20.4 Å². The molecule has 0 unspecified atom stereocenters. The molecule has 0 aromatic carbocycles. The van der Waals surface area contributed by atoms with Crippen molar-refractivity contribution in [3.8, 4) is 0 Å². The van der Waals surface area contributed by atoms with Gasteiger partial charge >= 0.3 is 0 Å². The van der Waals surface area contributed by atoms with E-state index in [-0.39, 0.29) is 0 Å². The van der Waals surface area contributed by atoms with Crippen LogP contribution in [0.25, 0.3) is 10.2 Å². The second-order valence-corrected chi connectivity index (χ2v) is 5.97. The summed E-state index contributed by atoms with van der Waals surface area (Å²) >= 11 is 1.62. The van der Waals surface area contributed by atoms with Crippen LogP contribution < -0.4 is 11.1 Å². The summed E-state index contributed by atoms with van der Waals surface area (Å²) in [4.78, 5) is 10.7. The number of thiophene rings is 1. The number of aryl methyl sites for hydroxylation is 2. The molecular formula is C13H16N6S. The van der Waals surface area contributed by atoms with Crippen LogP contribution in [0.2, 0.25) is 0 Å². The number of hydrogen-bond donors (Lipinski definition) is 2. The Morgan fingerprint density at radius 1 is 1.35 bits per heavy atom. The third kappa shape index (κ3) is 2.20. The molecule has 0 bridgehead atoms. The highest BCUT2D eigenvalue weighted by Crippen LogP contribution is 2.29. The largest absolute Gasteiger partial charge is 0.368 e. The number of rotatable bonds is 3. The normalized spacial score (nSPS) is 11.2. The lowest BCUT2D eigenvalue weighted by molar-refractivity contribution is 0.738. The topological polar surface area (TPSA) is 81.7 Å². The van der Waals surface area contributed by atoms with Crippen molar-refractivity contribution in [1.82, 2.24) is 19.7 Å². The smallest absolute Gasteiger partial charge is 0.223 e. The molecule has 3 N–H and O–H groups in total. The molecule has 0 spiro atoms. The van der Waals surface area contributed by atoms with E-state index >= 15 is 0 Å². The predicted octanol–water partition coefficient (Wildman–Crippen LogP) is 2.24. The molecule has 3 aromatic heterocycles. The molecule has 6 nitrogen and oxygen atoms in total. The molecule has 0 radical (unpaired) electrons. The monoisotopic (exact) mass is 288 g/mol. The molecule has 0 atom stereocenters. The molecule has 0 saturated carbocycles. The molecule has 0 fully saturated rings. The summed E-state index contributed by atoms with van der Waals surface area (Å²) in [6.45, 7) is 4.76. The number of nitrogens with zero attached hydrogens (tertiary/aromatic N) is 4. The SMILES string of the molecule is Cc1cc2c(NCc3cnn(C)c3C)nc(N)nc2s1. The first-order chi connectivity index (χ1) is 9.54. The molecule has 3 aromatic rings. The molecule has 0 aliphatic heterocycles. The van der Waals surface area contributed by atoms with Crippen LogP contribution >= 0.6 is 11.3 Å². The summed E-state index contributed by atoms with van der Waals surface area (Å²) in [5, 5.41) is 8.59. The van der Waals surface area contributed by atoms with Gasteiger partial charge in [0.2, 0.25) is 5.95 Å². The highest BCUT2D eigenvalue weighted by atomic mass is 32.1. The predicted molar refractivity (Wildman–Crippen MR) is 81.8 cm³/mol. The molecule has 0 aliphatic rings. The van der Waals surface area contributed by atoms with E-state index in [1.165, 1.54) is 4.88 Å². The van der Waals surface area contributed by atoms with Gasteiger partial charge in [0.05, 0.1) is 11.6 Å². The van der Waals surface area contributed by atoms with E-state index in [9.17, 15) is 0 Å². The third-order valence-corrected chi connectivity index (χ3v) is 4.26. The van der Waals surface area contributed by atoms with E-state index in [1.807, 2.05) is 24.9 Å². The standard InChI is InChI=1S/C13H16N6S/c1-7-4-10-11(17-13(14)18-12(10)20-7)15-5-9-6-16-19(3)8(9)2/h4,6H,5H2,1-3H3,(H3,14,15,17,18). The minimum atomic E-state index is 0.296. The van der Waals surface area contributed by atoms with Crippen molar-refractivity contribution in [3.05, 3.63) is 28.4 Å². The fraction of sp³-hybridized carbons (Fsp3) is 0.308. The highest BCUT2D eigenvalue weighted by molar-refractivity contribution is 7.18. The van der Waals surface area contributed by atoms with Gasteiger partial charge in [0.1, 0.15) is 10.6 Å². The van der Waals surface area contributed by atoms with E-state index in [2.05, 4.69) is 33.4 Å². The van der Waals surface area contributed by atoms with E-state index in [0.29, 0.717) is 12.5 Å². The molecule has 0 saturated heterocycles. The van der Waals surface area contributed by atoms with E-state index in [0.717, 1.165) is 27.3 Å². The Morgan fingerprint density at radius 2 is 2.15 bits per heavy atom. The maximum absolute atomic E-state index is 5.76. The number of nitrogens with one attached hydrogen (secondary N) is 1. The van der Waals surface area contributed by atoms with Gasteiger partial charge in [0.15, 0.2) is 0 Å². The molecule has 20 heavy (non-hydrogen) atoms. The van der Waals surface area contributed by atoms with Gasteiger partial charge in [-0.05, 0) is 19.9 Å². The van der Waals surface area contributed by atoms with Crippen LogP contribution in [0.4, 0.5) is 11.8 Å². The summed E-state index contributed by atoms with van der Waals surface area (Å²) < 4.78 is 1.86. The van der Waals surface area contributed by atoms with Crippen molar-refractivity contribution < 1.29 is 0 Å². The van der Waals surface area contributed by atoms with Crippen molar-refractivity contribution >= 4 is 33.3 Å². The maximum Gasteiger partial charge on any atom is 0.223 e. The fourth-order valence-corrected chi connectivity index (χ4v) is 2.98. The van der Waals surface area contributed by atoms with Crippen LogP contribution in [0.5, 0.6) is 0 Å². The number of aromatic nitrogens is 4. The Kier molecular flexibility index (Phi) is 3.06. The first-order valence-corrected chi connectivity index (χ1v) is 7.11. The molecule has 0 aliphatic carbocycles. The van der Waals surface area contributed by atoms with Gasteiger partial charge in [-0.15, -0.1) is 11.3 Å². The Hall–Kier alpha value is -2.15. The van der Waals surface area contributed by atoms with Crippen molar-refractivity contribution in [3.63, 3.8) is 0 Å². The second-order valence-electron chi connectivity index (χ2n) is 4.74. The molecule has 7 heteroatoms. The lowest BCUT2D eigenvalue weighted by Gasteiger charge is -2.07. The Balaban J connectivity index is 1.92. The van der Waals surface area contributed by atoms with Crippen LogP contribution in [0.1, 0.15) is 16.1 Å². The van der Waals surface area contributed by atoms with Gasteiger partial charge in [-0.3, -0.25) is 4.68 Å². The van der Waals surface area contributed by atoms with E-state index < -0.39 is 0 Å². The lowest BCUT2D eigenvalue weighted by Crippen LogP contribution is -2.05. The summed E-state index contributed by atoms with van der Waals surface area (Å²) in [7, 11) is 1.93. The Bertz CT molecular complexity index is 773. The summed E-state index contributed by atoms with van der Waals surface area (Å²) in [5.41, 5.74) is 8.04. The number of hydrogen-bond acceptors (Lipinski definition) is 6. The second kappa shape index (κ2) is 4.75. The minimum absolute atomic E-state index is 0.296. The van der Waals surface area contributed by atoms with Crippen LogP contribution in [-0.2, 0) is 13.6 Å². The quantitative estimate of drug-likeness (QED) is 0.772. The summed E-state index contributed by atoms with van der Waals surface area (Å²) in [5.74, 6) is 1.07. The molecule has 3 heterocycles. The molecule has 0 amide bonds. The zero-order valence-electron chi connectivity index (χ0n) is 11.6. The molecular weight excluding hydrogens is 272 g/mol. The summed E-state index contributed by atoms with van der Waals surface area (Å²) in [6.07, 6.45) is 1.86. The first kappa shape index (κ1) is 12.9. The van der Waals surface area contributed by atoms with Crippen LogP contribution in [0.15, 0.2) is 12.3 Å². The summed E-state index contributed by atoms with van der Waals surface area (Å²) in [6, 6.07) is 2.08. The average molecular weight is 288 g/mol. The number of nitrogens with two attached hydrogens (primary N) is 1. The molecule has 3 rings (SSSR count). The Labute approximate surface area is 120 Å². The third-order valence-electron chi connectivity index (χ3n) is 3.32. The van der Waals surface area contributed by atoms with Crippen molar-refractivity contribution in [2.75, 3.05) is 11.1 Å². The van der Waals surface area contributed by atoms with Gasteiger partial charge < -0.3 is 11.1 Å². The van der Waals surface area contributed by atoms with Crippen LogP contribution in [0.3, 0.4) is 0 Å². The zero-order valence-corrected chi connectivity index (χ0v) is 12.5. The van der Waals surface area contributed by atoms with Crippen molar-refractivity contribution in [2.24, 2.45) is 7.05 Å². The number of anilines is 2. The number of fused-ring (bicyclic) bond motifs is 1.